The minimum Gasteiger partial charge on any atom is -0.422 e. The largest absolute Gasteiger partial charge is 0.422 e. The Kier molecular flexibility index (Phi) is 3.65. The molecule has 5 nitrogen and oxygen atoms in total. The number of hydrogen-bond donors (Lipinski definition) is 0. The molecule has 2 heterocycles. The zero-order valence-electron chi connectivity index (χ0n) is 13.8. The number of hydrogen-bond acceptors (Lipinski definition) is 5. The van der Waals surface area contributed by atoms with Gasteiger partial charge in [0.15, 0.2) is 0 Å². The number of halogens is 1. The summed E-state index contributed by atoms with van der Waals surface area (Å²) in [5.74, 6) is 0.458. The van der Waals surface area contributed by atoms with Crippen molar-refractivity contribution < 1.29 is 8.83 Å². The second-order valence-electron chi connectivity index (χ2n) is 6.04. The van der Waals surface area contributed by atoms with E-state index in [-0.39, 0.29) is 11.5 Å². The van der Waals surface area contributed by atoms with Crippen LogP contribution in [0.4, 0.5) is 0 Å². The fraction of sp³-hybridized carbons (Fsp3) is 0. The first-order valence-corrected chi connectivity index (χ1v) is 9.04. The van der Waals surface area contributed by atoms with Gasteiger partial charge in [-0.2, -0.15) is 0 Å². The van der Waals surface area contributed by atoms with Crippen LogP contribution in [0.15, 0.2) is 84.8 Å². The van der Waals surface area contributed by atoms with Crippen LogP contribution in [0.25, 0.3) is 44.7 Å². The van der Waals surface area contributed by atoms with E-state index in [1.165, 1.54) is 0 Å². The highest BCUT2D eigenvalue weighted by molar-refractivity contribution is 9.10. The molecule has 0 saturated carbocycles. The van der Waals surface area contributed by atoms with Gasteiger partial charge in [-0.1, -0.05) is 42.5 Å². The molecule has 0 fully saturated rings. The summed E-state index contributed by atoms with van der Waals surface area (Å²) < 4.78 is 12.1. The Bertz CT molecular complexity index is 1370. The third-order valence-corrected chi connectivity index (χ3v) is 5.09. The summed E-state index contributed by atoms with van der Waals surface area (Å²) in [6.45, 7) is 0. The Balaban J connectivity index is 1.71. The molecule has 0 aliphatic heterocycles. The van der Waals surface area contributed by atoms with E-state index >= 15 is 0 Å². The fourth-order valence-corrected chi connectivity index (χ4v) is 3.55. The molecule has 0 aliphatic rings. The van der Waals surface area contributed by atoms with Crippen molar-refractivity contribution in [2.24, 2.45) is 0 Å². The van der Waals surface area contributed by atoms with Crippen molar-refractivity contribution in [2.75, 3.05) is 0 Å². The highest BCUT2D eigenvalue weighted by Crippen LogP contribution is 2.31. The molecule has 0 unspecified atom stereocenters. The van der Waals surface area contributed by atoms with Gasteiger partial charge in [0.05, 0.1) is 5.56 Å². The summed E-state index contributed by atoms with van der Waals surface area (Å²) in [6, 6.07) is 20.9. The smallest absolute Gasteiger partial charge is 0.349 e. The van der Waals surface area contributed by atoms with Crippen molar-refractivity contribution in [1.82, 2.24) is 10.2 Å². The number of aromatic nitrogens is 2. The first-order chi connectivity index (χ1) is 13.2. The molecule has 0 saturated heterocycles. The van der Waals surface area contributed by atoms with Gasteiger partial charge >= 0.3 is 5.63 Å². The van der Waals surface area contributed by atoms with Gasteiger partial charge in [0.2, 0.25) is 5.89 Å². The van der Waals surface area contributed by atoms with Crippen molar-refractivity contribution >= 4 is 37.7 Å². The second-order valence-corrected chi connectivity index (χ2v) is 6.89. The van der Waals surface area contributed by atoms with Crippen LogP contribution < -0.4 is 5.63 Å². The lowest BCUT2D eigenvalue weighted by Crippen LogP contribution is -2.03. The summed E-state index contributed by atoms with van der Waals surface area (Å²) >= 11 is 3.46. The molecule has 5 rings (SSSR count). The molecular formula is C21H11BrN2O3. The normalized spacial score (nSPS) is 11.3. The predicted octanol–water partition coefficient (Wildman–Crippen LogP) is 5.43. The topological polar surface area (TPSA) is 69.1 Å². The highest BCUT2D eigenvalue weighted by Gasteiger charge is 2.17. The van der Waals surface area contributed by atoms with Gasteiger partial charge in [-0.25, -0.2) is 4.79 Å². The monoisotopic (exact) mass is 418 g/mol. The maximum atomic E-state index is 12.5. The van der Waals surface area contributed by atoms with Crippen molar-refractivity contribution in [1.29, 1.82) is 0 Å². The van der Waals surface area contributed by atoms with Gasteiger partial charge in [0, 0.05) is 9.86 Å². The molecule has 0 bridgehead atoms. The molecule has 0 amide bonds. The third kappa shape index (κ3) is 2.65. The molecular weight excluding hydrogens is 408 g/mol. The van der Waals surface area contributed by atoms with Crippen LogP contribution in [0.3, 0.4) is 0 Å². The summed E-state index contributed by atoms with van der Waals surface area (Å²) in [6.07, 6.45) is 0. The lowest BCUT2D eigenvalue weighted by molar-refractivity contribution is 0.547. The molecule has 0 radical (unpaired) electrons. The Morgan fingerprint density at radius 1 is 0.741 bits per heavy atom. The van der Waals surface area contributed by atoms with E-state index < -0.39 is 5.63 Å². The summed E-state index contributed by atoms with van der Waals surface area (Å²) in [5.41, 5.74) is 1.00. The second kappa shape index (κ2) is 6.17. The van der Waals surface area contributed by atoms with E-state index in [0.717, 1.165) is 26.2 Å². The van der Waals surface area contributed by atoms with Gasteiger partial charge in [-0.3, -0.25) is 0 Å². The average Bonchev–Trinajstić information content (AvgIpc) is 3.17. The van der Waals surface area contributed by atoms with Crippen molar-refractivity contribution in [3.8, 4) is 22.9 Å². The first-order valence-electron chi connectivity index (χ1n) is 8.25. The molecule has 27 heavy (non-hydrogen) atoms. The van der Waals surface area contributed by atoms with Crippen LogP contribution in [0, 0.1) is 0 Å². The van der Waals surface area contributed by atoms with E-state index in [9.17, 15) is 4.79 Å². The van der Waals surface area contributed by atoms with E-state index in [2.05, 4.69) is 26.1 Å². The molecule has 0 aliphatic carbocycles. The van der Waals surface area contributed by atoms with Crippen LogP contribution in [0.5, 0.6) is 0 Å². The van der Waals surface area contributed by atoms with E-state index in [4.69, 9.17) is 8.83 Å². The van der Waals surface area contributed by atoms with Gasteiger partial charge in [-0.15, -0.1) is 10.2 Å². The first kappa shape index (κ1) is 16.0. The molecule has 2 aromatic heterocycles. The number of rotatable bonds is 2. The maximum absolute atomic E-state index is 12.5. The Morgan fingerprint density at radius 2 is 1.48 bits per heavy atom. The lowest BCUT2D eigenvalue weighted by Gasteiger charge is -2.03. The van der Waals surface area contributed by atoms with Crippen LogP contribution in [-0.4, -0.2) is 10.2 Å². The van der Waals surface area contributed by atoms with E-state index in [1.54, 1.807) is 12.1 Å². The molecule has 130 valence electrons. The third-order valence-electron chi connectivity index (χ3n) is 4.40. The van der Waals surface area contributed by atoms with Crippen LogP contribution in [-0.2, 0) is 0 Å². The zero-order valence-corrected chi connectivity index (χ0v) is 15.4. The molecule has 3 aromatic carbocycles. The average molecular weight is 419 g/mol. The van der Waals surface area contributed by atoms with Crippen LogP contribution in [0.2, 0.25) is 0 Å². The predicted molar refractivity (Wildman–Crippen MR) is 106 cm³/mol. The minimum atomic E-state index is -0.514. The lowest BCUT2D eigenvalue weighted by atomic mass is 10.0. The molecule has 0 spiro atoms. The molecule has 5 aromatic rings. The minimum absolute atomic E-state index is 0.129. The van der Waals surface area contributed by atoms with Gasteiger partial charge in [0.25, 0.3) is 5.89 Å². The number of benzene rings is 3. The quantitative estimate of drug-likeness (QED) is 0.282. The van der Waals surface area contributed by atoms with Crippen molar-refractivity contribution in [2.45, 2.75) is 0 Å². The summed E-state index contributed by atoms with van der Waals surface area (Å²) in [7, 11) is 0. The maximum Gasteiger partial charge on any atom is 0.349 e. The van der Waals surface area contributed by atoms with Crippen LogP contribution >= 0.6 is 15.9 Å². The highest BCUT2D eigenvalue weighted by atomic mass is 79.9. The SMILES string of the molecule is O=c1oc2ccc3ccccc3c2cc1-c1nnc(-c2ccccc2Br)o1. The summed E-state index contributed by atoms with van der Waals surface area (Å²) in [5, 5.41) is 11.0. The van der Waals surface area contributed by atoms with E-state index in [1.807, 2.05) is 54.6 Å². The fourth-order valence-electron chi connectivity index (χ4n) is 3.10. The van der Waals surface area contributed by atoms with E-state index in [0.29, 0.717) is 11.5 Å². The molecule has 6 heteroatoms. The Morgan fingerprint density at radius 3 is 2.33 bits per heavy atom. The Hall–Kier alpha value is -3.25. The van der Waals surface area contributed by atoms with Crippen molar-refractivity contribution in [3.63, 3.8) is 0 Å². The summed E-state index contributed by atoms with van der Waals surface area (Å²) in [4.78, 5) is 12.5. The molecule has 0 atom stereocenters. The number of nitrogens with zero attached hydrogens (tertiary/aromatic N) is 2. The van der Waals surface area contributed by atoms with Crippen molar-refractivity contribution in [3.05, 3.63) is 81.6 Å². The number of fused-ring (bicyclic) bond motifs is 3. The van der Waals surface area contributed by atoms with Gasteiger partial charge in [-0.05, 0) is 51.0 Å². The standard InChI is InChI=1S/C21H11BrN2O3/c22-17-8-4-3-7-14(17)19-23-24-20(27-19)16-11-15-13-6-2-1-5-12(13)9-10-18(15)26-21(16)25/h1-11H. The molecule has 0 N–H and O–H groups in total. The zero-order chi connectivity index (χ0) is 18.4. The van der Waals surface area contributed by atoms with Crippen LogP contribution in [0.1, 0.15) is 0 Å². The Labute approximate surface area is 161 Å². The van der Waals surface area contributed by atoms with Gasteiger partial charge in [0.1, 0.15) is 11.1 Å². The van der Waals surface area contributed by atoms with Gasteiger partial charge < -0.3 is 8.83 Å².